The molecule has 0 amide bonds. The predicted molar refractivity (Wildman–Crippen MR) is 105 cm³/mol. The molecule has 0 aliphatic heterocycles. The fourth-order valence-corrected chi connectivity index (χ4v) is 4.16. The number of aryl methyl sites for hydroxylation is 2. The van der Waals surface area contributed by atoms with Crippen LogP contribution in [0.1, 0.15) is 11.3 Å². The van der Waals surface area contributed by atoms with Gasteiger partial charge in [0.2, 0.25) is 16.8 Å². The first-order chi connectivity index (χ1) is 13.1. The van der Waals surface area contributed by atoms with Crippen molar-refractivity contribution in [2.45, 2.75) is 17.7 Å². The van der Waals surface area contributed by atoms with E-state index >= 15 is 0 Å². The van der Waals surface area contributed by atoms with Crippen LogP contribution in [0.15, 0.2) is 32.4 Å². The number of hydrogen-bond donors (Lipinski definition) is 0. The molecule has 0 saturated heterocycles. The van der Waals surface area contributed by atoms with Gasteiger partial charge in [0.25, 0.3) is 0 Å². The molecule has 0 bridgehead atoms. The summed E-state index contributed by atoms with van der Waals surface area (Å²) in [7, 11) is 4.78. The standard InChI is InChI=1S/C20H19NO5S/c1-23-13-9-10-5-7-12-16-11(15(10)20(25-3)18(13)24-2)6-8-14(27-4)17(22)19(16)26-21-12/h6,8-9H,5,7H2,1-4H3. The molecule has 1 aliphatic rings. The Labute approximate surface area is 160 Å². The molecule has 1 aromatic heterocycles. The zero-order chi connectivity index (χ0) is 19.1. The van der Waals surface area contributed by atoms with E-state index in [2.05, 4.69) is 5.16 Å². The first-order valence-corrected chi connectivity index (χ1v) is 9.68. The van der Waals surface area contributed by atoms with E-state index in [1.54, 1.807) is 21.3 Å². The van der Waals surface area contributed by atoms with Crippen molar-refractivity contribution in [3.63, 3.8) is 0 Å². The number of fused-ring (bicyclic) bond motifs is 2. The van der Waals surface area contributed by atoms with E-state index in [0.29, 0.717) is 28.6 Å². The van der Waals surface area contributed by atoms with Gasteiger partial charge in [-0.3, -0.25) is 4.79 Å². The number of benzene rings is 1. The molecule has 7 heteroatoms. The minimum atomic E-state index is -0.148. The van der Waals surface area contributed by atoms with Crippen molar-refractivity contribution in [2.75, 3.05) is 27.6 Å². The summed E-state index contributed by atoms with van der Waals surface area (Å²) >= 11 is 1.39. The molecule has 140 valence electrons. The maximum atomic E-state index is 12.8. The highest BCUT2D eigenvalue weighted by atomic mass is 32.2. The first-order valence-electron chi connectivity index (χ1n) is 8.46. The van der Waals surface area contributed by atoms with Crippen LogP contribution in [0, 0.1) is 0 Å². The van der Waals surface area contributed by atoms with E-state index in [4.69, 9.17) is 18.7 Å². The zero-order valence-electron chi connectivity index (χ0n) is 15.5. The van der Waals surface area contributed by atoms with Crippen LogP contribution in [-0.4, -0.2) is 32.7 Å². The summed E-state index contributed by atoms with van der Waals surface area (Å²) in [6.07, 6.45) is 3.24. The Morgan fingerprint density at radius 3 is 2.52 bits per heavy atom. The molecular weight excluding hydrogens is 366 g/mol. The Hall–Kier alpha value is -2.67. The lowest BCUT2D eigenvalue weighted by Gasteiger charge is -2.18. The van der Waals surface area contributed by atoms with E-state index in [-0.39, 0.29) is 11.0 Å². The van der Waals surface area contributed by atoms with E-state index in [9.17, 15) is 4.79 Å². The van der Waals surface area contributed by atoms with Gasteiger partial charge < -0.3 is 18.7 Å². The molecule has 0 radical (unpaired) electrons. The molecule has 6 nitrogen and oxygen atoms in total. The van der Waals surface area contributed by atoms with E-state index in [1.807, 2.05) is 24.5 Å². The number of thioether (sulfide) groups is 1. The van der Waals surface area contributed by atoms with Gasteiger partial charge in [-0.15, -0.1) is 11.8 Å². The van der Waals surface area contributed by atoms with E-state index < -0.39 is 0 Å². The van der Waals surface area contributed by atoms with Crippen molar-refractivity contribution in [1.29, 1.82) is 0 Å². The molecule has 0 atom stereocenters. The predicted octanol–water partition coefficient (Wildman–Crippen LogP) is 3.70. The quantitative estimate of drug-likeness (QED) is 0.634. The highest BCUT2D eigenvalue weighted by Crippen LogP contribution is 2.49. The van der Waals surface area contributed by atoms with Crippen LogP contribution in [0.3, 0.4) is 0 Å². The minimum Gasteiger partial charge on any atom is -0.493 e. The summed E-state index contributed by atoms with van der Waals surface area (Å²) in [5.74, 6) is 1.70. The number of rotatable bonds is 4. The molecule has 0 fully saturated rings. The summed E-state index contributed by atoms with van der Waals surface area (Å²) in [4.78, 5) is 13.4. The maximum Gasteiger partial charge on any atom is 0.238 e. The Balaban J connectivity index is 2.19. The Bertz CT molecular complexity index is 1110. The maximum absolute atomic E-state index is 12.8. The van der Waals surface area contributed by atoms with Gasteiger partial charge in [-0.2, -0.15) is 0 Å². The van der Waals surface area contributed by atoms with Gasteiger partial charge in [-0.05, 0) is 42.4 Å². The second-order valence-electron chi connectivity index (χ2n) is 6.16. The van der Waals surface area contributed by atoms with Gasteiger partial charge >= 0.3 is 0 Å². The van der Waals surface area contributed by atoms with Gasteiger partial charge in [-0.25, -0.2) is 0 Å². The highest BCUT2D eigenvalue weighted by molar-refractivity contribution is 7.98. The smallest absolute Gasteiger partial charge is 0.238 e. The molecule has 0 unspecified atom stereocenters. The van der Waals surface area contributed by atoms with Crippen LogP contribution in [0.4, 0.5) is 0 Å². The third-order valence-electron chi connectivity index (χ3n) is 4.90. The normalized spacial score (nSPS) is 12.4. The van der Waals surface area contributed by atoms with Crippen LogP contribution in [-0.2, 0) is 12.8 Å². The van der Waals surface area contributed by atoms with Crippen molar-refractivity contribution >= 4 is 22.7 Å². The molecule has 27 heavy (non-hydrogen) atoms. The highest BCUT2D eigenvalue weighted by Gasteiger charge is 2.28. The Kier molecular flexibility index (Phi) is 4.47. The van der Waals surface area contributed by atoms with Crippen molar-refractivity contribution < 1.29 is 18.7 Å². The number of nitrogens with zero attached hydrogens (tertiary/aromatic N) is 1. The Morgan fingerprint density at radius 1 is 1.07 bits per heavy atom. The van der Waals surface area contributed by atoms with Gasteiger partial charge in [0.1, 0.15) is 0 Å². The van der Waals surface area contributed by atoms with Crippen LogP contribution in [0.2, 0.25) is 0 Å². The van der Waals surface area contributed by atoms with Crippen LogP contribution >= 0.6 is 11.8 Å². The van der Waals surface area contributed by atoms with E-state index in [0.717, 1.165) is 34.2 Å². The van der Waals surface area contributed by atoms with Crippen molar-refractivity contribution in [3.8, 4) is 28.4 Å². The number of hydrogen-bond acceptors (Lipinski definition) is 7. The molecule has 4 rings (SSSR count). The molecule has 1 aliphatic carbocycles. The van der Waals surface area contributed by atoms with Gasteiger partial charge in [0, 0.05) is 5.56 Å². The van der Waals surface area contributed by atoms with Gasteiger partial charge in [0.05, 0.1) is 37.3 Å². The second kappa shape index (κ2) is 6.81. The lowest BCUT2D eigenvalue weighted by atomic mass is 9.96. The fraction of sp³-hybridized carbons (Fsp3) is 0.300. The second-order valence-corrected chi connectivity index (χ2v) is 7.01. The molecule has 0 spiro atoms. The summed E-state index contributed by atoms with van der Waals surface area (Å²) < 4.78 is 22.3. The minimum absolute atomic E-state index is 0.148. The monoisotopic (exact) mass is 385 g/mol. The van der Waals surface area contributed by atoms with Crippen LogP contribution < -0.4 is 19.6 Å². The van der Waals surface area contributed by atoms with Gasteiger partial charge in [0.15, 0.2) is 11.5 Å². The number of methoxy groups -OCH3 is 3. The third kappa shape index (κ3) is 2.56. The lowest BCUT2D eigenvalue weighted by molar-refractivity contribution is 0.324. The summed E-state index contributed by atoms with van der Waals surface area (Å²) in [5, 5.41) is 4.93. The number of ether oxygens (including phenoxy) is 3. The SMILES string of the molecule is COc1cc2c(c(OC)c1OC)-c1ccc(SC)c(=O)c3onc(c13)CC2. The van der Waals surface area contributed by atoms with Crippen LogP contribution in [0.5, 0.6) is 17.2 Å². The zero-order valence-corrected chi connectivity index (χ0v) is 16.4. The Morgan fingerprint density at radius 2 is 1.85 bits per heavy atom. The summed E-state index contributed by atoms with van der Waals surface area (Å²) in [5.41, 5.74) is 3.68. The fourth-order valence-electron chi connectivity index (χ4n) is 3.68. The summed E-state index contributed by atoms with van der Waals surface area (Å²) in [6, 6.07) is 5.73. The average molecular weight is 385 g/mol. The molecule has 0 N–H and O–H groups in total. The molecular formula is C20H19NO5S. The number of aromatic nitrogens is 1. The largest absolute Gasteiger partial charge is 0.493 e. The summed E-state index contributed by atoms with van der Waals surface area (Å²) in [6.45, 7) is 0. The van der Waals surface area contributed by atoms with Crippen molar-refractivity contribution in [3.05, 3.63) is 39.7 Å². The first kappa shape index (κ1) is 17.7. The molecule has 2 aromatic carbocycles. The van der Waals surface area contributed by atoms with Crippen molar-refractivity contribution in [1.82, 2.24) is 5.16 Å². The average Bonchev–Trinajstić information content (AvgIpc) is 2.98. The van der Waals surface area contributed by atoms with Crippen molar-refractivity contribution in [2.24, 2.45) is 0 Å². The van der Waals surface area contributed by atoms with E-state index in [1.165, 1.54) is 11.8 Å². The topological polar surface area (TPSA) is 70.8 Å². The van der Waals surface area contributed by atoms with Gasteiger partial charge in [-0.1, -0.05) is 11.2 Å². The lowest BCUT2D eigenvalue weighted by Crippen LogP contribution is -2.01. The molecule has 3 aromatic rings. The van der Waals surface area contributed by atoms with Crippen LogP contribution in [0.25, 0.3) is 22.1 Å². The molecule has 0 saturated carbocycles. The molecule has 1 heterocycles. The third-order valence-corrected chi connectivity index (χ3v) is 5.66.